The van der Waals surface area contributed by atoms with E-state index >= 15 is 0 Å². The molecule has 0 saturated carbocycles. The number of nitrogens with one attached hydrogen (secondary N) is 2. The molecule has 2 N–H and O–H groups in total. The minimum Gasteiger partial charge on any atom is -0.496 e. The summed E-state index contributed by atoms with van der Waals surface area (Å²) in [6.45, 7) is 2.55. The van der Waals surface area contributed by atoms with Gasteiger partial charge < -0.3 is 19.2 Å². The van der Waals surface area contributed by atoms with E-state index in [-0.39, 0.29) is 11.0 Å². The number of carbonyl (C=O) groups is 1. The highest BCUT2D eigenvalue weighted by molar-refractivity contribution is 9.10. The van der Waals surface area contributed by atoms with Gasteiger partial charge in [-0.2, -0.15) is 0 Å². The van der Waals surface area contributed by atoms with Gasteiger partial charge in [-0.1, -0.05) is 15.9 Å². The predicted molar refractivity (Wildman–Crippen MR) is 145 cm³/mol. The van der Waals surface area contributed by atoms with Gasteiger partial charge in [0, 0.05) is 27.4 Å². The smallest absolute Gasteiger partial charge is 0.250 e. The van der Waals surface area contributed by atoms with Gasteiger partial charge in [0.15, 0.2) is 10.7 Å². The number of amides is 1. The summed E-state index contributed by atoms with van der Waals surface area (Å²) in [6.07, 6.45) is 3.05. The van der Waals surface area contributed by atoms with E-state index in [4.69, 9.17) is 26.1 Å². The Labute approximate surface area is 216 Å². The minimum atomic E-state index is -0.371. The maximum Gasteiger partial charge on any atom is 0.250 e. The van der Waals surface area contributed by atoms with Gasteiger partial charge in [0.2, 0.25) is 11.8 Å². The number of hydrogen-bond acceptors (Lipinski definition) is 6. The second-order valence-electron chi connectivity index (χ2n) is 7.32. The molecular formula is C26H22BrN3O4S. The van der Waals surface area contributed by atoms with Crippen molar-refractivity contribution in [2.24, 2.45) is 0 Å². The average molecular weight is 552 g/mol. The Bertz CT molecular complexity index is 1400. The molecule has 0 aliphatic heterocycles. The van der Waals surface area contributed by atoms with Gasteiger partial charge >= 0.3 is 0 Å². The Morgan fingerprint density at radius 3 is 2.69 bits per heavy atom. The standard InChI is InChI=1S/C26H22BrN3O4S/c1-3-33-20-9-4-16(5-10-20)25-29-21-15-19(8-12-23(21)34-25)28-26(35)30-24(31)13-6-17-14-18(27)7-11-22(17)32-2/h4-15H,3H2,1-2H3,(H2,28,30,31,35). The summed E-state index contributed by atoms with van der Waals surface area (Å²) in [6, 6.07) is 18.5. The maximum absolute atomic E-state index is 12.3. The molecule has 4 aromatic rings. The summed E-state index contributed by atoms with van der Waals surface area (Å²) in [5, 5.41) is 5.79. The molecule has 0 atom stereocenters. The van der Waals surface area contributed by atoms with Crippen molar-refractivity contribution in [3.05, 3.63) is 76.8 Å². The first-order valence-electron chi connectivity index (χ1n) is 10.7. The highest BCUT2D eigenvalue weighted by Gasteiger charge is 2.10. The zero-order chi connectivity index (χ0) is 24.8. The topological polar surface area (TPSA) is 85.6 Å². The molecule has 4 rings (SSSR count). The molecular weight excluding hydrogens is 530 g/mol. The van der Waals surface area contributed by atoms with Gasteiger partial charge in [-0.25, -0.2) is 4.98 Å². The van der Waals surface area contributed by atoms with Crippen LogP contribution in [0.25, 0.3) is 28.6 Å². The van der Waals surface area contributed by atoms with E-state index in [2.05, 4.69) is 31.5 Å². The first-order valence-corrected chi connectivity index (χ1v) is 11.9. The van der Waals surface area contributed by atoms with Crippen LogP contribution in [0.5, 0.6) is 11.5 Å². The zero-order valence-electron chi connectivity index (χ0n) is 19.0. The van der Waals surface area contributed by atoms with Crippen LogP contribution in [0.2, 0.25) is 0 Å². The van der Waals surface area contributed by atoms with Crippen LogP contribution >= 0.6 is 28.1 Å². The second kappa shape index (κ2) is 11.2. The van der Waals surface area contributed by atoms with Crippen molar-refractivity contribution in [2.45, 2.75) is 6.92 Å². The number of hydrogen-bond donors (Lipinski definition) is 2. The Morgan fingerprint density at radius 2 is 1.94 bits per heavy atom. The first kappa shape index (κ1) is 24.4. The number of fused-ring (bicyclic) bond motifs is 1. The molecule has 0 spiro atoms. The van der Waals surface area contributed by atoms with E-state index in [0.717, 1.165) is 21.3 Å². The number of thiocarbonyl (C=S) groups is 1. The fourth-order valence-electron chi connectivity index (χ4n) is 3.31. The summed E-state index contributed by atoms with van der Waals surface area (Å²) in [7, 11) is 1.58. The fraction of sp³-hybridized carbons (Fsp3) is 0.115. The molecule has 3 aromatic carbocycles. The third-order valence-electron chi connectivity index (χ3n) is 4.90. The number of anilines is 1. The summed E-state index contributed by atoms with van der Waals surface area (Å²) in [5.74, 6) is 1.58. The molecule has 9 heteroatoms. The van der Waals surface area contributed by atoms with Gasteiger partial charge in [0.1, 0.15) is 17.0 Å². The van der Waals surface area contributed by atoms with E-state index in [1.165, 1.54) is 6.08 Å². The molecule has 1 aromatic heterocycles. The van der Waals surface area contributed by atoms with Crippen molar-refractivity contribution in [3.63, 3.8) is 0 Å². The lowest BCUT2D eigenvalue weighted by molar-refractivity contribution is -0.115. The van der Waals surface area contributed by atoms with Crippen LogP contribution in [0.3, 0.4) is 0 Å². The zero-order valence-corrected chi connectivity index (χ0v) is 21.4. The molecule has 7 nitrogen and oxygen atoms in total. The monoisotopic (exact) mass is 551 g/mol. The van der Waals surface area contributed by atoms with Crippen molar-refractivity contribution in [1.29, 1.82) is 0 Å². The summed E-state index contributed by atoms with van der Waals surface area (Å²) >= 11 is 8.70. The van der Waals surface area contributed by atoms with Gasteiger partial charge in [0.05, 0.1) is 13.7 Å². The van der Waals surface area contributed by atoms with Crippen LogP contribution in [0.4, 0.5) is 5.69 Å². The number of carbonyl (C=O) groups excluding carboxylic acids is 1. The number of ether oxygens (including phenoxy) is 2. The Hall–Kier alpha value is -3.69. The third kappa shape index (κ3) is 6.26. The van der Waals surface area contributed by atoms with Crippen LogP contribution in [0.1, 0.15) is 12.5 Å². The number of rotatable bonds is 7. The van der Waals surface area contributed by atoms with Gasteiger partial charge in [-0.3, -0.25) is 10.1 Å². The summed E-state index contributed by atoms with van der Waals surface area (Å²) in [4.78, 5) is 16.9. The molecule has 0 fully saturated rings. The lowest BCUT2D eigenvalue weighted by atomic mass is 10.2. The normalized spacial score (nSPS) is 10.9. The molecule has 0 aliphatic carbocycles. The van der Waals surface area contributed by atoms with Crippen molar-refractivity contribution in [1.82, 2.24) is 10.3 Å². The lowest BCUT2D eigenvalue weighted by Gasteiger charge is -2.08. The van der Waals surface area contributed by atoms with Gasteiger partial charge in [-0.15, -0.1) is 0 Å². The average Bonchev–Trinajstić information content (AvgIpc) is 3.27. The van der Waals surface area contributed by atoms with Crippen LogP contribution in [0, 0.1) is 0 Å². The number of halogens is 1. The Balaban J connectivity index is 1.40. The molecule has 35 heavy (non-hydrogen) atoms. The highest BCUT2D eigenvalue weighted by atomic mass is 79.9. The second-order valence-corrected chi connectivity index (χ2v) is 8.65. The van der Waals surface area contributed by atoms with Crippen LogP contribution < -0.4 is 20.1 Å². The number of aromatic nitrogens is 1. The molecule has 1 heterocycles. The quantitative estimate of drug-likeness (QED) is 0.209. The van der Waals surface area contributed by atoms with E-state index in [0.29, 0.717) is 35.0 Å². The molecule has 0 bridgehead atoms. The third-order valence-corrected chi connectivity index (χ3v) is 5.60. The maximum atomic E-state index is 12.3. The molecule has 178 valence electrons. The number of nitrogens with zero attached hydrogens (tertiary/aromatic N) is 1. The number of oxazole rings is 1. The highest BCUT2D eigenvalue weighted by Crippen LogP contribution is 2.28. The molecule has 1 amide bonds. The Morgan fingerprint density at radius 1 is 1.14 bits per heavy atom. The molecule has 0 radical (unpaired) electrons. The van der Waals surface area contributed by atoms with E-state index < -0.39 is 0 Å². The predicted octanol–water partition coefficient (Wildman–Crippen LogP) is 6.19. The molecule has 0 aliphatic rings. The van der Waals surface area contributed by atoms with Crippen molar-refractivity contribution < 1.29 is 18.7 Å². The lowest BCUT2D eigenvalue weighted by Crippen LogP contribution is -2.32. The van der Waals surface area contributed by atoms with Crippen molar-refractivity contribution in [3.8, 4) is 23.0 Å². The SMILES string of the molecule is CCOc1ccc(-c2nc3cc(NC(=S)NC(=O)C=Cc4cc(Br)ccc4OC)ccc3o2)cc1. The van der Waals surface area contributed by atoms with E-state index in [1.54, 1.807) is 31.4 Å². The molecule has 0 unspecified atom stereocenters. The van der Waals surface area contributed by atoms with E-state index in [1.807, 2.05) is 49.4 Å². The summed E-state index contributed by atoms with van der Waals surface area (Å²) < 4.78 is 17.5. The number of methoxy groups -OCH3 is 1. The number of benzene rings is 3. The Kier molecular flexibility index (Phi) is 7.79. The van der Waals surface area contributed by atoms with Gasteiger partial charge in [0.25, 0.3) is 0 Å². The minimum absolute atomic E-state index is 0.162. The van der Waals surface area contributed by atoms with Crippen molar-refractivity contribution >= 4 is 62.0 Å². The van der Waals surface area contributed by atoms with E-state index in [9.17, 15) is 4.79 Å². The van der Waals surface area contributed by atoms with Crippen molar-refractivity contribution in [2.75, 3.05) is 19.0 Å². The molecule has 0 saturated heterocycles. The van der Waals surface area contributed by atoms with Crippen LogP contribution in [-0.2, 0) is 4.79 Å². The van der Waals surface area contributed by atoms with Crippen LogP contribution in [-0.4, -0.2) is 29.7 Å². The first-order chi connectivity index (χ1) is 16.9. The van der Waals surface area contributed by atoms with Gasteiger partial charge in [-0.05, 0) is 85.9 Å². The summed E-state index contributed by atoms with van der Waals surface area (Å²) in [5.41, 5.74) is 3.58. The largest absolute Gasteiger partial charge is 0.496 e. The van der Waals surface area contributed by atoms with Crippen LogP contribution in [0.15, 0.2) is 75.6 Å². The fourth-order valence-corrected chi connectivity index (χ4v) is 3.90.